The Morgan fingerprint density at radius 2 is 2.30 bits per heavy atom. The molecule has 1 nitrogen and oxygen atoms in total. The zero-order valence-corrected chi connectivity index (χ0v) is 6.50. The Morgan fingerprint density at radius 3 is 2.80 bits per heavy atom. The molecule has 1 heteroatoms. The van der Waals surface area contributed by atoms with Crippen molar-refractivity contribution in [2.24, 2.45) is 0 Å². The lowest BCUT2D eigenvalue weighted by molar-refractivity contribution is 0.152. The van der Waals surface area contributed by atoms with E-state index >= 15 is 0 Å². The Morgan fingerprint density at radius 1 is 1.50 bits per heavy atom. The van der Waals surface area contributed by atoms with Crippen LogP contribution in [-0.4, -0.2) is 6.10 Å². The van der Waals surface area contributed by atoms with Gasteiger partial charge in [-0.2, -0.15) is 0 Å². The van der Waals surface area contributed by atoms with Gasteiger partial charge in [0.2, 0.25) is 0 Å². The van der Waals surface area contributed by atoms with E-state index in [0.29, 0.717) is 0 Å². The van der Waals surface area contributed by atoms with Gasteiger partial charge in [-0.1, -0.05) is 12.2 Å². The summed E-state index contributed by atoms with van der Waals surface area (Å²) < 4.78 is 5.45. The van der Waals surface area contributed by atoms with Gasteiger partial charge in [0.15, 0.2) is 0 Å². The van der Waals surface area contributed by atoms with Crippen LogP contribution in [0.15, 0.2) is 24.0 Å². The monoisotopic (exact) mass is 137 g/mol. The second-order valence-electron chi connectivity index (χ2n) is 2.60. The molecule has 0 aliphatic heterocycles. The van der Waals surface area contributed by atoms with Gasteiger partial charge in [0.1, 0.15) is 5.76 Å². The number of rotatable bonds is 2. The van der Waals surface area contributed by atoms with Crippen LogP contribution < -0.4 is 0 Å². The summed E-state index contributed by atoms with van der Waals surface area (Å²) in [5.41, 5.74) is 0. The van der Waals surface area contributed by atoms with Crippen molar-refractivity contribution < 1.29 is 4.74 Å². The molecule has 55 valence electrons. The predicted octanol–water partition coefficient (Wildman–Crippen LogP) is 2.46. The third kappa shape index (κ3) is 2.26. The zero-order valence-electron chi connectivity index (χ0n) is 6.50. The lowest BCUT2D eigenvalue weighted by Gasteiger charge is -2.13. The summed E-state index contributed by atoms with van der Waals surface area (Å²) in [6, 6.07) is 0. The van der Waals surface area contributed by atoms with Crippen LogP contribution in [0.25, 0.3) is 0 Å². The van der Waals surface area contributed by atoms with Crippen LogP contribution >= 0.6 is 0 Å². The number of hydrogen-bond donors (Lipinski definition) is 0. The molecule has 1 radical (unpaired) electrons. The minimum Gasteiger partial charge on any atom is -0.495 e. The van der Waals surface area contributed by atoms with Gasteiger partial charge in [0, 0.05) is 6.42 Å². The lowest BCUT2D eigenvalue weighted by Crippen LogP contribution is -2.03. The molecule has 0 amide bonds. The van der Waals surface area contributed by atoms with E-state index in [1.54, 1.807) is 0 Å². The van der Waals surface area contributed by atoms with Gasteiger partial charge in [0.05, 0.1) is 6.10 Å². The van der Waals surface area contributed by atoms with Crippen LogP contribution in [-0.2, 0) is 4.74 Å². The van der Waals surface area contributed by atoms with E-state index in [0.717, 1.165) is 12.2 Å². The highest BCUT2D eigenvalue weighted by Crippen LogP contribution is 2.13. The van der Waals surface area contributed by atoms with Crippen LogP contribution in [0.2, 0.25) is 0 Å². The fourth-order valence-corrected chi connectivity index (χ4v) is 0.853. The van der Waals surface area contributed by atoms with Crippen LogP contribution in [0, 0.1) is 6.42 Å². The van der Waals surface area contributed by atoms with Crippen molar-refractivity contribution in [1.29, 1.82) is 0 Å². The Labute approximate surface area is 62.4 Å². The molecule has 0 N–H and O–H groups in total. The maximum absolute atomic E-state index is 5.45. The minimum atomic E-state index is 0.286. The first-order chi connectivity index (χ1) is 4.79. The smallest absolute Gasteiger partial charge is 0.100 e. The molecule has 1 aliphatic rings. The first-order valence-corrected chi connectivity index (χ1v) is 3.66. The van der Waals surface area contributed by atoms with Crippen LogP contribution in [0.3, 0.4) is 0 Å². The van der Waals surface area contributed by atoms with E-state index in [1.807, 2.05) is 26.0 Å². The highest BCUT2D eigenvalue weighted by atomic mass is 16.5. The van der Waals surface area contributed by atoms with Crippen molar-refractivity contribution in [3.8, 4) is 0 Å². The third-order valence-electron chi connectivity index (χ3n) is 1.22. The summed E-state index contributed by atoms with van der Waals surface area (Å²) in [6.45, 7) is 4.07. The van der Waals surface area contributed by atoms with Gasteiger partial charge in [-0.15, -0.1) is 0 Å². The molecular formula is C9H13O. The lowest BCUT2D eigenvalue weighted by atomic mass is 10.2. The fourth-order valence-electron chi connectivity index (χ4n) is 0.853. The quantitative estimate of drug-likeness (QED) is 0.568. The van der Waals surface area contributed by atoms with Crippen LogP contribution in [0.4, 0.5) is 0 Å². The summed E-state index contributed by atoms with van der Waals surface area (Å²) in [4.78, 5) is 0. The zero-order chi connectivity index (χ0) is 7.40. The van der Waals surface area contributed by atoms with Crippen molar-refractivity contribution in [3.63, 3.8) is 0 Å². The summed E-state index contributed by atoms with van der Waals surface area (Å²) in [5, 5.41) is 0. The molecule has 0 aromatic heterocycles. The fraction of sp³-hybridized carbons (Fsp3) is 0.444. The summed E-state index contributed by atoms with van der Waals surface area (Å²) in [7, 11) is 0. The molecule has 0 atom stereocenters. The van der Waals surface area contributed by atoms with Gasteiger partial charge >= 0.3 is 0 Å². The second kappa shape index (κ2) is 3.45. The van der Waals surface area contributed by atoms with Crippen LogP contribution in [0.1, 0.15) is 20.3 Å². The number of allylic oxidation sites excluding steroid dienone is 4. The Hall–Kier alpha value is -0.720. The second-order valence-corrected chi connectivity index (χ2v) is 2.60. The Balaban J connectivity index is 2.39. The maximum Gasteiger partial charge on any atom is 0.100 e. The molecule has 0 spiro atoms. The maximum atomic E-state index is 5.45. The Bertz CT molecular complexity index is 154. The van der Waals surface area contributed by atoms with Gasteiger partial charge < -0.3 is 4.74 Å². The molecule has 0 heterocycles. The van der Waals surface area contributed by atoms with E-state index in [-0.39, 0.29) is 6.10 Å². The van der Waals surface area contributed by atoms with Crippen molar-refractivity contribution in [2.75, 3.05) is 0 Å². The van der Waals surface area contributed by atoms with E-state index in [4.69, 9.17) is 4.74 Å². The van der Waals surface area contributed by atoms with E-state index in [2.05, 4.69) is 12.5 Å². The molecule has 10 heavy (non-hydrogen) atoms. The highest BCUT2D eigenvalue weighted by Gasteiger charge is 2.01. The van der Waals surface area contributed by atoms with Crippen molar-refractivity contribution in [1.82, 2.24) is 0 Å². The molecule has 0 bridgehead atoms. The molecular weight excluding hydrogens is 124 g/mol. The highest BCUT2D eigenvalue weighted by molar-refractivity contribution is 5.21. The largest absolute Gasteiger partial charge is 0.495 e. The average molecular weight is 137 g/mol. The first kappa shape index (κ1) is 7.39. The number of ether oxygens (including phenoxy) is 1. The van der Waals surface area contributed by atoms with E-state index in [1.165, 1.54) is 0 Å². The third-order valence-corrected chi connectivity index (χ3v) is 1.22. The molecule has 0 unspecified atom stereocenters. The Kier molecular flexibility index (Phi) is 2.55. The molecule has 0 fully saturated rings. The summed E-state index contributed by atoms with van der Waals surface area (Å²) in [6.07, 6.45) is 9.49. The van der Waals surface area contributed by atoms with Gasteiger partial charge in [-0.3, -0.25) is 0 Å². The normalized spacial score (nSPS) is 17.3. The standard InChI is InChI=1S/C9H13O/c1-8(2)10-9-6-4-3-5-7-9/h3-4,6-8H,5H2,1-2H3. The average Bonchev–Trinajstić information content (AvgIpc) is 1.88. The van der Waals surface area contributed by atoms with E-state index < -0.39 is 0 Å². The molecule has 1 aliphatic carbocycles. The van der Waals surface area contributed by atoms with E-state index in [9.17, 15) is 0 Å². The molecule has 1 rings (SSSR count). The molecule has 0 saturated carbocycles. The topological polar surface area (TPSA) is 9.23 Å². The van der Waals surface area contributed by atoms with Crippen molar-refractivity contribution in [2.45, 2.75) is 26.4 Å². The summed E-state index contributed by atoms with van der Waals surface area (Å²) >= 11 is 0. The molecule has 0 aromatic rings. The van der Waals surface area contributed by atoms with Crippen LogP contribution in [0.5, 0.6) is 0 Å². The predicted molar refractivity (Wildman–Crippen MR) is 42.4 cm³/mol. The minimum absolute atomic E-state index is 0.286. The van der Waals surface area contributed by atoms with Crippen molar-refractivity contribution >= 4 is 0 Å². The molecule has 0 aromatic carbocycles. The number of hydrogen-bond acceptors (Lipinski definition) is 1. The van der Waals surface area contributed by atoms with Gasteiger partial charge in [0.25, 0.3) is 0 Å². The SMILES string of the molecule is CC(C)OC1=CC=CC[CH]1. The summed E-state index contributed by atoms with van der Waals surface area (Å²) in [5.74, 6) is 0.998. The first-order valence-electron chi connectivity index (χ1n) is 3.66. The van der Waals surface area contributed by atoms with Crippen molar-refractivity contribution in [3.05, 3.63) is 30.4 Å². The van der Waals surface area contributed by atoms with Gasteiger partial charge in [-0.25, -0.2) is 0 Å². The molecule has 0 saturated heterocycles. The van der Waals surface area contributed by atoms with Gasteiger partial charge in [-0.05, 0) is 26.3 Å².